The summed E-state index contributed by atoms with van der Waals surface area (Å²) in [6.07, 6.45) is 3.40. The lowest BCUT2D eigenvalue weighted by molar-refractivity contribution is 0.484. The van der Waals surface area contributed by atoms with E-state index in [1.165, 1.54) is 0 Å². The summed E-state index contributed by atoms with van der Waals surface area (Å²) >= 11 is 0. The Balaban J connectivity index is 1.38. The van der Waals surface area contributed by atoms with Gasteiger partial charge >= 0.3 is 0 Å². The topological polar surface area (TPSA) is 79.8 Å². The number of hydrogen-bond donors (Lipinski definition) is 0. The first-order valence-electron chi connectivity index (χ1n) is 8.15. The highest BCUT2D eigenvalue weighted by atomic mass is 15.4. The fraction of sp³-hybridized carbons (Fsp3) is 0.312. The van der Waals surface area contributed by atoms with Gasteiger partial charge in [0.2, 0.25) is 0 Å². The van der Waals surface area contributed by atoms with Crippen molar-refractivity contribution in [2.45, 2.75) is 13.0 Å². The van der Waals surface area contributed by atoms with Gasteiger partial charge < -0.3 is 9.80 Å². The van der Waals surface area contributed by atoms with E-state index in [-0.39, 0.29) is 0 Å². The molecule has 1 fully saturated rings. The molecule has 25 heavy (non-hydrogen) atoms. The molecule has 4 aromatic rings. The van der Waals surface area contributed by atoms with Gasteiger partial charge in [-0.3, -0.25) is 0 Å². The van der Waals surface area contributed by atoms with Crippen molar-refractivity contribution in [1.82, 2.24) is 34.4 Å². The predicted molar refractivity (Wildman–Crippen MR) is 92.9 cm³/mol. The van der Waals surface area contributed by atoms with Crippen molar-refractivity contribution < 1.29 is 0 Å². The highest BCUT2D eigenvalue weighted by Crippen LogP contribution is 2.25. The summed E-state index contributed by atoms with van der Waals surface area (Å²) in [6, 6.07) is 8.32. The molecule has 9 nitrogen and oxygen atoms in total. The lowest BCUT2D eigenvalue weighted by Gasteiger charge is -2.45. The Morgan fingerprint density at radius 1 is 1.16 bits per heavy atom. The molecule has 4 aromatic heterocycles. The molecule has 1 aliphatic heterocycles. The highest BCUT2D eigenvalue weighted by molar-refractivity contribution is 5.54. The van der Waals surface area contributed by atoms with Crippen molar-refractivity contribution in [3.8, 4) is 0 Å². The summed E-state index contributed by atoms with van der Waals surface area (Å²) in [5.41, 5.74) is 2.62. The zero-order valence-electron chi connectivity index (χ0n) is 14.0. The molecule has 0 spiro atoms. The third-order valence-corrected chi connectivity index (χ3v) is 4.71. The molecule has 0 amide bonds. The molecular weight excluding hydrogens is 318 g/mol. The second-order valence-corrected chi connectivity index (χ2v) is 6.35. The molecule has 1 saturated heterocycles. The van der Waals surface area contributed by atoms with E-state index in [1.54, 1.807) is 17.0 Å². The number of anilines is 2. The van der Waals surface area contributed by atoms with Crippen LogP contribution in [0.25, 0.3) is 11.3 Å². The number of aromatic nitrogens is 7. The lowest BCUT2D eigenvalue weighted by atomic mass is 10.1. The minimum Gasteiger partial charge on any atom is -0.353 e. The van der Waals surface area contributed by atoms with Crippen molar-refractivity contribution in [3.63, 3.8) is 0 Å². The maximum Gasteiger partial charge on any atom is 0.177 e. The van der Waals surface area contributed by atoms with Crippen LogP contribution in [0.3, 0.4) is 0 Å². The van der Waals surface area contributed by atoms with Crippen molar-refractivity contribution in [2.75, 3.05) is 29.9 Å². The Morgan fingerprint density at radius 3 is 2.92 bits per heavy atom. The fourth-order valence-electron chi connectivity index (χ4n) is 3.23. The third-order valence-electron chi connectivity index (χ3n) is 4.71. The van der Waals surface area contributed by atoms with E-state index in [4.69, 9.17) is 0 Å². The number of fused-ring (bicyclic) bond motifs is 2. The van der Waals surface area contributed by atoms with Crippen molar-refractivity contribution >= 4 is 22.9 Å². The largest absolute Gasteiger partial charge is 0.353 e. The minimum atomic E-state index is 0.396. The van der Waals surface area contributed by atoms with Crippen LogP contribution in [0, 0.1) is 6.92 Å². The van der Waals surface area contributed by atoms with Gasteiger partial charge in [-0.2, -0.15) is 14.1 Å². The molecule has 126 valence electrons. The van der Waals surface area contributed by atoms with Gasteiger partial charge in [0.1, 0.15) is 18.0 Å². The van der Waals surface area contributed by atoms with Crippen LogP contribution in [0.4, 0.5) is 11.6 Å². The first kappa shape index (κ1) is 14.1. The Hall–Kier alpha value is -3.23. The maximum atomic E-state index is 4.55. The van der Waals surface area contributed by atoms with E-state index in [9.17, 15) is 0 Å². The molecule has 0 aromatic carbocycles. The first-order valence-corrected chi connectivity index (χ1v) is 8.15. The van der Waals surface area contributed by atoms with Crippen LogP contribution in [0.5, 0.6) is 0 Å². The summed E-state index contributed by atoms with van der Waals surface area (Å²) in [4.78, 5) is 9.02. The zero-order valence-corrected chi connectivity index (χ0v) is 14.0. The van der Waals surface area contributed by atoms with Crippen molar-refractivity contribution in [2.24, 2.45) is 0 Å². The fourth-order valence-corrected chi connectivity index (χ4v) is 3.23. The quantitative estimate of drug-likeness (QED) is 0.548. The van der Waals surface area contributed by atoms with Gasteiger partial charge in [0.05, 0.1) is 12.2 Å². The molecule has 0 radical (unpaired) electrons. The standard InChI is InChI=1S/C16H17N9/c1-11-7-16(25-13(19-11)5-6-18-25)22(2)12-8-23(9-12)15-4-3-14-20-17-10-24(14)21-15/h3-7,10,12H,8-9H2,1-2H3. The van der Waals surface area contributed by atoms with Gasteiger partial charge in [0.25, 0.3) is 0 Å². The Kier molecular flexibility index (Phi) is 2.90. The van der Waals surface area contributed by atoms with Crippen LogP contribution in [0.1, 0.15) is 5.69 Å². The van der Waals surface area contributed by atoms with Crippen molar-refractivity contribution in [1.29, 1.82) is 0 Å². The number of rotatable bonds is 3. The molecule has 9 heteroatoms. The van der Waals surface area contributed by atoms with E-state index < -0.39 is 0 Å². The summed E-state index contributed by atoms with van der Waals surface area (Å²) in [6.45, 7) is 3.82. The van der Waals surface area contributed by atoms with Crippen LogP contribution in [0.15, 0.2) is 36.8 Å². The van der Waals surface area contributed by atoms with Crippen LogP contribution in [0.2, 0.25) is 0 Å². The second-order valence-electron chi connectivity index (χ2n) is 6.35. The molecule has 0 aliphatic carbocycles. The van der Waals surface area contributed by atoms with Gasteiger partial charge in [-0.05, 0) is 19.1 Å². The predicted octanol–water partition coefficient (Wildman–Crippen LogP) is 0.800. The molecule has 0 saturated carbocycles. The SMILES string of the molecule is Cc1cc(N(C)C2CN(c3ccc4nncn4n3)C2)n2nccc2n1. The normalized spacial score (nSPS) is 15.0. The number of likely N-dealkylation sites (N-methyl/N-ethyl adjacent to an activating group) is 1. The monoisotopic (exact) mass is 335 g/mol. The smallest absolute Gasteiger partial charge is 0.177 e. The summed E-state index contributed by atoms with van der Waals surface area (Å²) < 4.78 is 3.59. The molecule has 0 bridgehead atoms. The van der Waals surface area contributed by atoms with Crippen LogP contribution < -0.4 is 9.80 Å². The Bertz CT molecular complexity index is 1060. The number of hydrogen-bond acceptors (Lipinski definition) is 7. The van der Waals surface area contributed by atoms with E-state index in [1.807, 2.05) is 29.6 Å². The highest BCUT2D eigenvalue weighted by Gasteiger charge is 2.32. The average molecular weight is 335 g/mol. The lowest BCUT2D eigenvalue weighted by Crippen LogP contribution is -2.59. The van der Waals surface area contributed by atoms with Crippen molar-refractivity contribution in [3.05, 3.63) is 42.5 Å². The van der Waals surface area contributed by atoms with Crippen LogP contribution >= 0.6 is 0 Å². The van der Waals surface area contributed by atoms with Gasteiger partial charge in [0, 0.05) is 38.0 Å². The van der Waals surface area contributed by atoms with E-state index in [2.05, 4.69) is 48.3 Å². The molecular formula is C16H17N9. The average Bonchev–Trinajstić information content (AvgIpc) is 3.20. The molecule has 5 rings (SSSR count). The molecule has 0 atom stereocenters. The Labute approximate surface area is 143 Å². The zero-order chi connectivity index (χ0) is 17.0. The maximum absolute atomic E-state index is 4.55. The van der Waals surface area contributed by atoms with Gasteiger partial charge in [-0.1, -0.05) is 0 Å². The van der Waals surface area contributed by atoms with E-state index in [0.29, 0.717) is 6.04 Å². The molecule has 1 aliphatic rings. The van der Waals surface area contributed by atoms with E-state index >= 15 is 0 Å². The molecule has 5 heterocycles. The Morgan fingerprint density at radius 2 is 2.04 bits per heavy atom. The summed E-state index contributed by atoms with van der Waals surface area (Å²) in [5, 5.41) is 16.8. The van der Waals surface area contributed by atoms with Gasteiger partial charge in [-0.15, -0.1) is 15.3 Å². The second kappa shape index (κ2) is 5.13. The third kappa shape index (κ3) is 2.19. The number of aryl methyl sites for hydroxylation is 1. The summed E-state index contributed by atoms with van der Waals surface area (Å²) in [7, 11) is 2.11. The van der Waals surface area contributed by atoms with Gasteiger partial charge in [-0.25, -0.2) is 4.98 Å². The van der Waals surface area contributed by atoms with Crippen LogP contribution in [-0.2, 0) is 0 Å². The first-order chi connectivity index (χ1) is 12.2. The number of nitrogens with zero attached hydrogens (tertiary/aromatic N) is 9. The van der Waals surface area contributed by atoms with Gasteiger partial charge in [0.15, 0.2) is 11.3 Å². The van der Waals surface area contributed by atoms with Crippen LogP contribution in [-0.4, -0.2) is 60.6 Å². The molecule has 0 N–H and O–H groups in total. The minimum absolute atomic E-state index is 0.396. The van der Waals surface area contributed by atoms with E-state index in [0.717, 1.165) is 41.7 Å². The molecule has 0 unspecified atom stereocenters. The summed E-state index contributed by atoms with van der Waals surface area (Å²) in [5.74, 6) is 1.99.